The summed E-state index contributed by atoms with van der Waals surface area (Å²) in [5, 5.41) is 3.20. The first-order chi connectivity index (χ1) is 16.2. The maximum atomic E-state index is 13.4. The Morgan fingerprint density at radius 2 is 1.65 bits per heavy atom. The first kappa shape index (κ1) is 25.4. The minimum absolute atomic E-state index is 0.0193. The summed E-state index contributed by atoms with van der Waals surface area (Å²) in [5.74, 6) is -2.75. The molecule has 1 aromatic carbocycles. The van der Waals surface area contributed by atoms with Crippen LogP contribution in [0.5, 0.6) is 0 Å². The van der Waals surface area contributed by atoms with Gasteiger partial charge in [0.25, 0.3) is 6.43 Å². The van der Waals surface area contributed by atoms with Crippen LogP contribution in [0.2, 0.25) is 0 Å². The van der Waals surface area contributed by atoms with E-state index in [1.54, 1.807) is 32.9 Å². The van der Waals surface area contributed by atoms with E-state index in [9.17, 15) is 18.4 Å². The fourth-order valence-corrected chi connectivity index (χ4v) is 3.91. The number of esters is 2. The molecule has 0 aliphatic carbocycles. The second kappa shape index (κ2) is 10.8. The molecule has 9 nitrogen and oxygen atoms in total. The lowest BCUT2D eigenvalue weighted by Crippen LogP contribution is -2.28. The highest BCUT2D eigenvalue weighted by atomic mass is 19.3. The molecule has 1 N–H and O–H groups in total. The molecule has 0 spiro atoms. The number of anilines is 1. The average molecular weight is 479 g/mol. The molecule has 0 amide bonds. The smallest absolute Gasteiger partial charge is 0.326 e. The number of aromatic nitrogens is 2. The molecule has 1 fully saturated rings. The summed E-state index contributed by atoms with van der Waals surface area (Å²) < 4.78 is 47.8. The van der Waals surface area contributed by atoms with Crippen molar-refractivity contribution in [1.29, 1.82) is 0 Å². The second-order valence-corrected chi connectivity index (χ2v) is 7.70. The molecule has 0 saturated carbocycles. The van der Waals surface area contributed by atoms with Crippen molar-refractivity contribution >= 4 is 17.8 Å². The van der Waals surface area contributed by atoms with E-state index in [0.717, 1.165) is 14.2 Å². The number of rotatable bonds is 8. The van der Waals surface area contributed by atoms with Crippen molar-refractivity contribution in [3.05, 3.63) is 52.0 Å². The molecule has 34 heavy (non-hydrogen) atoms. The Kier molecular flexibility index (Phi) is 8.11. The molecule has 1 aliphatic rings. The lowest BCUT2D eigenvalue weighted by atomic mass is 9.96. The van der Waals surface area contributed by atoms with Gasteiger partial charge in [-0.25, -0.2) is 18.7 Å². The van der Waals surface area contributed by atoms with Gasteiger partial charge in [-0.3, -0.25) is 9.59 Å². The second-order valence-electron chi connectivity index (χ2n) is 7.70. The molecule has 0 unspecified atom stereocenters. The van der Waals surface area contributed by atoms with Crippen molar-refractivity contribution in [2.75, 3.05) is 32.8 Å². The summed E-state index contributed by atoms with van der Waals surface area (Å²) in [5.41, 5.74) is 1.27. The highest BCUT2D eigenvalue weighted by Gasteiger charge is 2.39. The van der Waals surface area contributed by atoms with Crippen LogP contribution in [0.25, 0.3) is 0 Å². The van der Waals surface area contributed by atoms with E-state index in [2.05, 4.69) is 15.3 Å². The molecule has 0 radical (unpaired) electrons. The highest BCUT2D eigenvalue weighted by molar-refractivity contribution is 6.00. The summed E-state index contributed by atoms with van der Waals surface area (Å²) in [6, 6.07) is 4.21. The molecule has 1 aromatic heterocycles. The lowest BCUT2D eigenvalue weighted by molar-refractivity contribution is -0.154. The van der Waals surface area contributed by atoms with Crippen LogP contribution in [-0.2, 0) is 28.5 Å². The quantitative estimate of drug-likeness (QED) is 0.448. The van der Waals surface area contributed by atoms with E-state index in [4.69, 9.17) is 18.9 Å². The molecule has 1 aliphatic heterocycles. The van der Waals surface area contributed by atoms with E-state index < -0.39 is 36.6 Å². The number of halogens is 2. The van der Waals surface area contributed by atoms with Crippen LogP contribution < -0.4 is 5.32 Å². The number of aryl methyl sites for hydroxylation is 1. The number of nitrogens with one attached hydrogen (secondary N) is 1. The zero-order valence-electron chi connectivity index (χ0n) is 19.6. The average Bonchev–Trinajstić information content (AvgIpc) is 3.32. The number of carbonyl (C=O) groups excluding carboxylic acids is 2. The Bertz CT molecular complexity index is 1040. The van der Waals surface area contributed by atoms with E-state index in [1.165, 1.54) is 6.07 Å². The molecule has 2 heterocycles. The van der Waals surface area contributed by atoms with Gasteiger partial charge >= 0.3 is 11.9 Å². The molecule has 11 heteroatoms. The first-order valence-corrected chi connectivity index (χ1v) is 10.6. The van der Waals surface area contributed by atoms with Gasteiger partial charge in [-0.05, 0) is 31.9 Å². The predicted molar refractivity (Wildman–Crippen MR) is 116 cm³/mol. The summed E-state index contributed by atoms with van der Waals surface area (Å²) in [7, 11) is 2.29. The number of benzene rings is 1. The van der Waals surface area contributed by atoms with E-state index >= 15 is 0 Å². The number of methoxy groups -OCH3 is 2. The summed E-state index contributed by atoms with van der Waals surface area (Å²) in [6.45, 7) is 5.56. The third-order valence-corrected chi connectivity index (χ3v) is 5.56. The zero-order valence-corrected chi connectivity index (χ0v) is 19.6. The minimum Gasteiger partial charge on any atom is -0.468 e. The highest BCUT2D eigenvalue weighted by Crippen LogP contribution is 2.37. The fourth-order valence-electron chi connectivity index (χ4n) is 3.91. The first-order valence-electron chi connectivity index (χ1n) is 10.6. The van der Waals surface area contributed by atoms with Crippen molar-refractivity contribution in [3.63, 3.8) is 0 Å². The molecule has 3 rings (SSSR count). The van der Waals surface area contributed by atoms with Crippen LogP contribution in [0, 0.1) is 13.8 Å². The fraction of sp³-hybridized carbons (Fsp3) is 0.478. The zero-order chi connectivity index (χ0) is 25.0. The Morgan fingerprint density at radius 3 is 2.21 bits per heavy atom. The van der Waals surface area contributed by atoms with Crippen molar-refractivity contribution in [2.24, 2.45) is 0 Å². The lowest BCUT2D eigenvalue weighted by Gasteiger charge is -2.25. The largest absolute Gasteiger partial charge is 0.468 e. The van der Waals surface area contributed by atoms with Gasteiger partial charge in [0.05, 0.1) is 44.7 Å². The van der Waals surface area contributed by atoms with Crippen molar-refractivity contribution in [2.45, 2.75) is 45.4 Å². The van der Waals surface area contributed by atoms with Gasteiger partial charge in [0, 0.05) is 5.56 Å². The van der Waals surface area contributed by atoms with Crippen LogP contribution in [-0.4, -0.2) is 49.3 Å². The van der Waals surface area contributed by atoms with E-state index in [0.29, 0.717) is 11.1 Å². The Morgan fingerprint density at radius 1 is 1.06 bits per heavy atom. The molecule has 184 valence electrons. The van der Waals surface area contributed by atoms with Gasteiger partial charge in [-0.2, -0.15) is 0 Å². The number of carbonyl (C=O) groups is 2. The number of ether oxygens (including phenoxy) is 4. The SMILES string of the molecule is COC(=O)C(C(=O)OC)c1nc(C)nc(N[C@H](C)c2cccc(C(F)F)c2C)c1C1OCCO1. The standard InChI is InChI=1S/C23H27F2N3O6/c1-11-14(7-6-8-15(11)19(24)25)12(2)26-20-16(23-33-9-10-34-23)18(27-13(3)28-20)17(21(29)31-4)22(30)32-5/h6-8,12,17,19,23H,9-10H2,1-5H3,(H,26,27,28)/t12-/m1/s1. The van der Waals surface area contributed by atoms with Gasteiger partial charge in [-0.15, -0.1) is 0 Å². The van der Waals surface area contributed by atoms with E-state index in [1.807, 2.05) is 0 Å². The molecule has 1 atom stereocenters. The summed E-state index contributed by atoms with van der Waals surface area (Å²) in [6.07, 6.45) is -3.58. The summed E-state index contributed by atoms with van der Waals surface area (Å²) >= 11 is 0. The van der Waals surface area contributed by atoms with Gasteiger partial charge < -0.3 is 24.3 Å². The summed E-state index contributed by atoms with van der Waals surface area (Å²) in [4.78, 5) is 33.9. The minimum atomic E-state index is -2.61. The van der Waals surface area contributed by atoms with Gasteiger partial charge in [0.1, 0.15) is 11.6 Å². The Balaban J connectivity index is 2.13. The normalized spacial score (nSPS) is 15.0. The number of alkyl halides is 2. The van der Waals surface area contributed by atoms with E-state index in [-0.39, 0.29) is 41.7 Å². The van der Waals surface area contributed by atoms with Crippen molar-refractivity contribution in [1.82, 2.24) is 9.97 Å². The van der Waals surface area contributed by atoms with Crippen LogP contribution >= 0.6 is 0 Å². The topological polar surface area (TPSA) is 109 Å². The van der Waals surface area contributed by atoms with Gasteiger partial charge in [0.2, 0.25) is 0 Å². The number of hydrogen-bond acceptors (Lipinski definition) is 9. The third kappa shape index (κ3) is 5.15. The Hall–Kier alpha value is -3.18. The monoisotopic (exact) mass is 479 g/mol. The van der Waals surface area contributed by atoms with Gasteiger partial charge in [0.15, 0.2) is 12.2 Å². The van der Waals surface area contributed by atoms with Crippen LogP contribution in [0.3, 0.4) is 0 Å². The van der Waals surface area contributed by atoms with Crippen LogP contribution in [0.1, 0.15) is 65.4 Å². The predicted octanol–water partition coefficient (Wildman–Crippen LogP) is 3.68. The maximum absolute atomic E-state index is 13.4. The van der Waals surface area contributed by atoms with Gasteiger partial charge in [-0.1, -0.05) is 18.2 Å². The molecule has 0 bridgehead atoms. The Labute approximate surface area is 195 Å². The van der Waals surface area contributed by atoms with Crippen molar-refractivity contribution < 1.29 is 37.3 Å². The number of hydrogen-bond donors (Lipinski definition) is 1. The number of nitrogens with zero attached hydrogens (tertiary/aromatic N) is 2. The molecule has 2 aromatic rings. The van der Waals surface area contributed by atoms with Crippen molar-refractivity contribution in [3.8, 4) is 0 Å². The molecular weight excluding hydrogens is 452 g/mol. The van der Waals surface area contributed by atoms with Crippen LogP contribution in [0.15, 0.2) is 18.2 Å². The molecular formula is C23H27F2N3O6. The third-order valence-electron chi connectivity index (χ3n) is 5.56. The molecule has 1 saturated heterocycles. The van der Waals surface area contributed by atoms with Crippen LogP contribution in [0.4, 0.5) is 14.6 Å². The maximum Gasteiger partial charge on any atom is 0.326 e.